The minimum absolute atomic E-state index is 0. The molecule has 168 valence electrons. The van der Waals surface area contributed by atoms with E-state index in [1.165, 1.54) is 19.3 Å². The number of hydrogen-bond acceptors (Lipinski definition) is 5. The SMILES string of the molecule is CC(C)N1CCN(c2cnc(-c3ccc(CC(=O)C4CCCCC4)cc3)cn2)CC1.Cl. The van der Waals surface area contributed by atoms with E-state index in [0.29, 0.717) is 18.2 Å². The number of piperazine rings is 1. The van der Waals surface area contributed by atoms with Gasteiger partial charge in [0, 0.05) is 50.1 Å². The Balaban J connectivity index is 0.00000272. The third kappa shape index (κ3) is 6.05. The summed E-state index contributed by atoms with van der Waals surface area (Å²) < 4.78 is 0. The molecule has 2 fully saturated rings. The second kappa shape index (κ2) is 11.1. The molecule has 1 aromatic heterocycles. The molecule has 1 aromatic carbocycles. The van der Waals surface area contributed by atoms with E-state index in [1.807, 2.05) is 12.4 Å². The highest BCUT2D eigenvalue weighted by Gasteiger charge is 2.21. The smallest absolute Gasteiger partial charge is 0.147 e. The lowest BCUT2D eigenvalue weighted by Gasteiger charge is -2.37. The van der Waals surface area contributed by atoms with Crippen molar-refractivity contribution in [3.63, 3.8) is 0 Å². The first kappa shape index (κ1) is 23.7. The second-order valence-electron chi connectivity index (χ2n) is 9.05. The largest absolute Gasteiger partial charge is 0.353 e. The summed E-state index contributed by atoms with van der Waals surface area (Å²) in [6.07, 6.45) is 10.2. The maximum absolute atomic E-state index is 12.5. The summed E-state index contributed by atoms with van der Waals surface area (Å²) in [5.41, 5.74) is 3.03. The zero-order valence-corrected chi connectivity index (χ0v) is 19.6. The third-order valence-corrected chi connectivity index (χ3v) is 6.70. The van der Waals surface area contributed by atoms with E-state index >= 15 is 0 Å². The first-order valence-electron chi connectivity index (χ1n) is 11.5. The van der Waals surface area contributed by atoms with Crippen molar-refractivity contribution in [3.8, 4) is 11.3 Å². The van der Waals surface area contributed by atoms with Gasteiger partial charge in [0.2, 0.25) is 0 Å². The molecule has 2 heterocycles. The van der Waals surface area contributed by atoms with Gasteiger partial charge in [-0.25, -0.2) is 4.98 Å². The predicted octanol–water partition coefficient (Wildman–Crippen LogP) is 4.79. The van der Waals surface area contributed by atoms with Gasteiger partial charge < -0.3 is 4.90 Å². The van der Waals surface area contributed by atoms with Crippen LogP contribution in [0.5, 0.6) is 0 Å². The Morgan fingerprint density at radius 1 is 0.968 bits per heavy atom. The average molecular weight is 443 g/mol. The summed E-state index contributed by atoms with van der Waals surface area (Å²) in [5.74, 6) is 1.64. The number of aromatic nitrogens is 2. The molecule has 0 radical (unpaired) electrons. The molecule has 0 unspecified atom stereocenters. The van der Waals surface area contributed by atoms with Crippen LogP contribution in [-0.4, -0.2) is 52.9 Å². The first-order chi connectivity index (χ1) is 14.6. The lowest BCUT2D eigenvalue weighted by Crippen LogP contribution is -2.49. The highest BCUT2D eigenvalue weighted by atomic mass is 35.5. The Morgan fingerprint density at radius 2 is 1.65 bits per heavy atom. The summed E-state index contributed by atoms with van der Waals surface area (Å²) in [4.78, 5) is 26.7. The molecule has 0 N–H and O–H groups in total. The van der Waals surface area contributed by atoms with Gasteiger partial charge in [0.05, 0.1) is 18.1 Å². The van der Waals surface area contributed by atoms with Crippen LogP contribution in [-0.2, 0) is 11.2 Å². The number of ketones is 1. The van der Waals surface area contributed by atoms with Gasteiger partial charge in [0.25, 0.3) is 0 Å². The average Bonchev–Trinajstić information content (AvgIpc) is 2.80. The van der Waals surface area contributed by atoms with Gasteiger partial charge in [0.1, 0.15) is 11.6 Å². The van der Waals surface area contributed by atoms with Crippen molar-refractivity contribution < 1.29 is 4.79 Å². The van der Waals surface area contributed by atoms with Crippen molar-refractivity contribution in [2.24, 2.45) is 5.92 Å². The van der Waals surface area contributed by atoms with Gasteiger partial charge >= 0.3 is 0 Å². The number of hydrogen-bond donors (Lipinski definition) is 0. The third-order valence-electron chi connectivity index (χ3n) is 6.70. The van der Waals surface area contributed by atoms with Crippen molar-refractivity contribution >= 4 is 24.0 Å². The molecule has 1 aliphatic heterocycles. The van der Waals surface area contributed by atoms with Crippen LogP contribution in [0.3, 0.4) is 0 Å². The molecule has 2 aliphatic rings. The van der Waals surface area contributed by atoms with Crippen LogP contribution in [0.2, 0.25) is 0 Å². The Hall–Kier alpha value is -1.98. The van der Waals surface area contributed by atoms with Crippen molar-refractivity contribution in [1.29, 1.82) is 0 Å². The van der Waals surface area contributed by atoms with Gasteiger partial charge in [-0.2, -0.15) is 0 Å². The number of anilines is 1. The van der Waals surface area contributed by atoms with Crippen LogP contribution < -0.4 is 4.90 Å². The molecular weight excluding hydrogens is 408 g/mol. The maximum Gasteiger partial charge on any atom is 0.147 e. The summed E-state index contributed by atoms with van der Waals surface area (Å²) >= 11 is 0. The number of halogens is 1. The van der Waals surface area contributed by atoms with Crippen molar-refractivity contribution in [2.45, 2.75) is 58.4 Å². The topological polar surface area (TPSA) is 49.3 Å². The number of carbonyl (C=O) groups is 1. The molecule has 0 amide bonds. The van der Waals surface area contributed by atoms with Crippen LogP contribution in [0.1, 0.15) is 51.5 Å². The highest BCUT2D eigenvalue weighted by Crippen LogP contribution is 2.26. The maximum atomic E-state index is 12.5. The Kier molecular flexibility index (Phi) is 8.44. The fraction of sp³-hybridized carbons (Fsp3) is 0.560. The van der Waals surface area contributed by atoms with E-state index in [4.69, 9.17) is 0 Å². The lowest BCUT2D eigenvalue weighted by atomic mass is 9.84. The van der Waals surface area contributed by atoms with Crippen LogP contribution in [0.15, 0.2) is 36.7 Å². The number of benzene rings is 1. The zero-order valence-electron chi connectivity index (χ0n) is 18.8. The Morgan fingerprint density at radius 3 is 2.23 bits per heavy atom. The van der Waals surface area contributed by atoms with Crippen molar-refractivity contribution in [1.82, 2.24) is 14.9 Å². The molecule has 0 atom stereocenters. The lowest BCUT2D eigenvalue weighted by molar-refractivity contribution is -0.123. The van der Waals surface area contributed by atoms with Gasteiger partial charge in [0.15, 0.2) is 0 Å². The minimum atomic E-state index is 0. The van der Waals surface area contributed by atoms with E-state index < -0.39 is 0 Å². The van der Waals surface area contributed by atoms with Crippen molar-refractivity contribution in [2.75, 3.05) is 31.1 Å². The summed E-state index contributed by atoms with van der Waals surface area (Å²) in [6, 6.07) is 8.86. The molecule has 1 aliphatic carbocycles. The Bertz CT molecular complexity index is 824. The van der Waals surface area contributed by atoms with Crippen LogP contribution in [0.25, 0.3) is 11.3 Å². The van der Waals surface area contributed by atoms with Crippen LogP contribution in [0.4, 0.5) is 5.82 Å². The molecule has 1 saturated heterocycles. The first-order valence-corrected chi connectivity index (χ1v) is 11.5. The fourth-order valence-electron chi connectivity index (χ4n) is 4.66. The molecule has 6 heteroatoms. The highest BCUT2D eigenvalue weighted by molar-refractivity contribution is 5.85. The molecule has 1 saturated carbocycles. The molecule has 0 bridgehead atoms. The zero-order chi connectivity index (χ0) is 20.9. The quantitative estimate of drug-likeness (QED) is 0.643. The standard InChI is InChI=1S/C25H34N4O.ClH/c1-19(2)28-12-14-29(15-13-28)25-18-26-23(17-27-25)21-10-8-20(9-11-21)16-24(30)22-6-4-3-5-7-22;/h8-11,17-19,22H,3-7,12-16H2,1-2H3;1H. The molecule has 31 heavy (non-hydrogen) atoms. The molecular formula is C25H35ClN4O. The molecule has 0 spiro atoms. The van der Waals surface area contributed by atoms with E-state index in [0.717, 1.165) is 61.7 Å². The van der Waals surface area contributed by atoms with E-state index in [9.17, 15) is 4.79 Å². The Labute approximate surface area is 192 Å². The number of carbonyl (C=O) groups excluding carboxylic acids is 1. The number of Topliss-reactive ketones (excluding diaryl/α,β-unsaturated/α-hetero) is 1. The van der Waals surface area contributed by atoms with E-state index in [1.54, 1.807) is 0 Å². The van der Waals surface area contributed by atoms with Crippen molar-refractivity contribution in [3.05, 3.63) is 42.2 Å². The van der Waals surface area contributed by atoms with E-state index in [-0.39, 0.29) is 18.3 Å². The number of nitrogens with zero attached hydrogens (tertiary/aromatic N) is 4. The van der Waals surface area contributed by atoms with Gasteiger partial charge in [-0.05, 0) is 32.3 Å². The summed E-state index contributed by atoms with van der Waals surface area (Å²) in [7, 11) is 0. The van der Waals surface area contributed by atoms with Crippen LogP contribution in [0, 0.1) is 5.92 Å². The second-order valence-corrected chi connectivity index (χ2v) is 9.05. The van der Waals surface area contributed by atoms with Gasteiger partial charge in [-0.15, -0.1) is 12.4 Å². The number of rotatable bonds is 6. The minimum Gasteiger partial charge on any atom is -0.353 e. The summed E-state index contributed by atoms with van der Waals surface area (Å²) in [6.45, 7) is 8.64. The monoisotopic (exact) mass is 442 g/mol. The normalized spacial score (nSPS) is 18.1. The van der Waals surface area contributed by atoms with Gasteiger partial charge in [-0.3, -0.25) is 14.7 Å². The van der Waals surface area contributed by atoms with Gasteiger partial charge in [-0.1, -0.05) is 43.5 Å². The van der Waals surface area contributed by atoms with E-state index in [2.05, 4.69) is 57.9 Å². The molecule has 4 rings (SSSR count). The predicted molar refractivity (Wildman–Crippen MR) is 129 cm³/mol. The molecule has 2 aromatic rings. The molecule has 5 nitrogen and oxygen atoms in total. The fourth-order valence-corrected chi connectivity index (χ4v) is 4.66. The van der Waals surface area contributed by atoms with Crippen LogP contribution >= 0.6 is 12.4 Å². The summed E-state index contributed by atoms with van der Waals surface area (Å²) in [5, 5.41) is 0.